The minimum atomic E-state index is -4.23. The predicted molar refractivity (Wildman–Crippen MR) is 61.0 cm³/mol. The van der Waals surface area contributed by atoms with E-state index in [9.17, 15) is 13.2 Å². The Hall–Kier alpha value is -1.30. The molecule has 6 heteroatoms. The molecule has 0 aliphatic heterocycles. The molecule has 0 saturated carbocycles. The van der Waals surface area contributed by atoms with Crippen LogP contribution in [-0.4, -0.2) is 31.8 Å². The Kier molecular flexibility index (Phi) is 4.34. The van der Waals surface area contributed by atoms with Crippen molar-refractivity contribution in [1.29, 1.82) is 0 Å². The molecule has 1 heterocycles. The summed E-state index contributed by atoms with van der Waals surface area (Å²) in [4.78, 5) is 5.13. The molecule has 0 aliphatic carbocycles. The molecule has 0 saturated heterocycles. The second kappa shape index (κ2) is 5.35. The zero-order valence-corrected chi connectivity index (χ0v) is 10.0. The Morgan fingerprint density at radius 3 is 2.65 bits per heavy atom. The van der Waals surface area contributed by atoms with Crippen molar-refractivity contribution in [3.8, 4) is 0 Å². The van der Waals surface area contributed by atoms with E-state index in [2.05, 4.69) is 10.3 Å². The number of anilines is 1. The highest BCUT2D eigenvalue weighted by Crippen LogP contribution is 2.25. The van der Waals surface area contributed by atoms with E-state index in [0.717, 1.165) is 10.5 Å². The van der Waals surface area contributed by atoms with Gasteiger partial charge in [-0.05, 0) is 20.0 Å². The van der Waals surface area contributed by atoms with Crippen LogP contribution in [0.1, 0.15) is 18.5 Å². The van der Waals surface area contributed by atoms with Crippen LogP contribution in [0.2, 0.25) is 0 Å². The summed E-state index contributed by atoms with van der Waals surface area (Å²) in [5.41, 5.74) is 0.752. The van der Waals surface area contributed by atoms with Crippen molar-refractivity contribution in [2.24, 2.45) is 0 Å². The van der Waals surface area contributed by atoms with E-state index in [-0.39, 0.29) is 6.04 Å². The van der Waals surface area contributed by atoms with Crippen LogP contribution in [-0.2, 0) is 0 Å². The molecule has 0 aliphatic rings. The third-order valence-electron chi connectivity index (χ3n) is 2.49. The number of aromatic nitrogens is 1. The highest BCUT2D eigenvalue weighted by Gasteiger charge is 2.30. The van der Waals surface area contributed by atoms with Gasteiger partial charge in [0.25, 0.3) is 0 Å². The van der Waals surface area contributed by atoms with E-state index in [4.69, 9.17) is 0 Å². The van der Waals surface area contributed by atoms with Crippen LogP contribution < -0.4 is 10.2 Å². The lowest BCUT2D eigenvalue weighted by Gasteiger charge is -2.24. The van der Waals surface area contributed by atoms with E-state index in [1.165, 1.54) is 13.2 Å². The average Bonchev–Trinajstić information content (AvgIpc) is 2.25. The third kappa shape index (κ3) is 3.89. The molecule has 3 nitrogen and oxygen atoms in total. The quantitative estimate of drug-likeness (QED) is 0.885. The van der Waals surface area contributed by atoms with Crippen LogP contribution in [0.5, 0.6) is 0 Å². The lowest BCUT2D eigenvalue weighted by molar-refractivity contribution is -0.119. The van der Waals surface area contributed by atoms with Crippen LogP contribution in [0, 0.1) is 0 Å². The molecule has 17 heavy (non-hydrogen) atoms. The average molecular weight is 247 g/mol. The Bertz CT molecular complexity index is 365. The van der Waals surface area contributed by atoms with Crippen LogP contribution in [0.4, 0.5) is 19.0 Å². The zero-order valence-electron chi connectivity index (χ0n) is 10.0. The van der Waals surface area contributed by atoms with Crippen molar-refractivity contribution in [3.63, 3.8) is 0 Å². The molecule has 0 amide bonds. The smallest absolute Gasteiger partial charge is 0.350 e. The lowest BCUT2D eigenvalue weighted by atomic mass is 10.1. The van der Waals surface area contributed by atoms with Gasteiger partial charge >= 0.3 is 6.18 Å². The molecule has 1 atom stereocenters. The summed E-state index contributed by atoms with van der Waals surface area (Å²) in [7, 11) is 3.15. The van der Waals surface area contributed by atoms with Gasteiger partial charge in [-0.25, -0.2) is 4.98 Å². The number of halogens is 3. The molecule has 1 N–H and O–H groups in total. The van der Waals surface area contributed by atoms with Crippen molar-refractivity contribution in [2.45, 2.75) is 19.1 Å². The third-order valence-corrected chi connectivity index (χ3v) is 2.49. The van der Waals surface area contributed by atoms with Crippen LogP contribution in [0.25, 0.3) is 0 Å². The standard InChI is InChI=1S/C11H16F3N3/c1-8(15-2)9-5-4-6-16-10(9)17(3)7-11(12,13)14/h4-6,8,15H,7H2,1-3H3. The fourth-order valence-electron chi connectivity index (χ4n) is 1.57. The van der Waals surface area contributed by atoms with Crippen LogP contribution >= 0.6 is 0 Å². The van der Waals surface area contributed by atoms with Gasteiger partial charge in [0.1, 0.15) is 12.4 Å². The van der Waals surface area contributed by atoms with Gasteiger partial charge in [-0.15, -0.1) is 0 Å². The van der Waals surface area contributed by atoms with Crippen molar-refractivity contribution >= 4 is 5.82 Å². The first-order chi connectivity index (χ1) is 7.85. The Morgan fingerprint density at radius 2 is 2.12 bits per heavy atom. The number of rotatable bonds is 4. The second-order valence-electron chi connectivity index (χ2n) is 3.90. The summed E-state index contributed by atoms with van der Waals surface area (Å²) in [5, 5.41) is 2.99. The molecular weight excluding hydrogens is 231 g/mol. The number of hydrogen-bond acceptors (Lipinski definition) is 3. The Balaban J connectivity index is 2.97. The molecule has 0 radical (unpaired) electrons. The zero-order chi connectivity index (χ0) is 13.1. The van der Waals surface area contributed by atoms with E-state index in [0.29, 0.717) is 5.82 Å². The number of hydrogen-bond donors (Lipinski definition) is 1. The van der Waals surface area contributed by atoms with E-state index in [1.54, 1.807) is 19.2 Å². The maximum atomic E-state index is 12.3. The van der Waals surface area contributed by atoms with Gasteiger partial charge in [-0.2, -0.15) is 13.2 Å². The van der Waals surface area contributed by atoms with Crippen molar-refractivity contribution in [1.82, 2.24) is 10.3 Å². The molecule has 1 aromatic heterocycles. The largest absolute Gasteiger partial charge is 0.405 e. The van der Waals surface area contributed by atoms with Gasteiger partial charge in [-0.3, -0.25) is 0 Å². The monoisotopic (exact) mass is 247 g/mol. The fourth-order valence-corrected chi connectivity index (χ4v) is 1.57. The van der Waals surface area contributed by atoms with Gasteiger partial charge in [0, 0.05) is 24.8 Å². The van der Waals surface area contributed by atoms with Crippen molar-refractivity contribution in [2.75, 3.05) is 25.5 Å². The summed E-state index contributed by atoms with van der Waals surface area (Å²) >= 11 is 0. The van der Waals surface area contributed by atoms with Gasteiger partial charge in [0.05, 0.1) is 0 Å². The first kappa shape index (κ1) is 13.8. The maximum absolute atomic E-state index is 12.3. The number of nitrogens with one attached hydrogen (secondary N) is 1. The fraction of sp³-hybridized carbons (Fsp3) is 0.545. The first-order valence-corrected chi connectivity index (χ1v) is 5.25. The Morgan fingerprint density at radius 1 is 1.47 bits per heavy atom. The van der Waals surface area contributed by atoms with Gasteiger partial charge in [-0.1, -0.05) is 6.07 Å². The van der Waals surface area contributed by atoms with Crippen molar-refractivity contribution in [3.05, 3.63) is 23.9 Å². The van der Waals surface area contributed by atoms with Gasteiger partial charge in [0.15, 0.2) is 0 Å². The number of nitrogens with zero attached hydrogens (tertiary/aromatic N) is 2. The highest BCUT2D eigenvalue weighted by atomic mass is 19.4. The molecule has 96 valence electrons. The number of alkyl halides is 3. The second-order valence-corrected chi connectivity index (χ2v) is 3.90. The summed E-state index contributed by atoms with van der Waals surface area (Å²) in [5.74, 6) is 0.353. The van der Waals surface area contributed by atoms with Crippen molar-refractivity contribution < 1.29 is 13.2 Å². The molecule has 0 aromatic carbocycles. The van der Waals surface area contributed by atoms with Crippen LogP contribution in [0.15, 0.2) is 18.3 Å². The number of pyridine rings is 1. The topological polar surface area (TPSA) is 28.2 Å². The summed E-state index contributed by atoms with van der Waals surface area (Å²) in [6.07, 6.45) is -2.74. The van der Waals surface area contributed by atoms with Gasteiger partial charge < -0.3 is 10.2 Å². The molecule has 1 aromatic rings. The van der Waals surface area contributed by atoms with E-state index < -0.39 is 12.7 Å². The van der Waals surface area contributed by atoms with Crippen LogP contribution in [0.3, 0.4) is 0 Å². The minimum absolute atomic E-state index is 0.0469. The lowest BCUT2D eigenvalue weighted by Crippen LogP contribution is -2.32. The van der Waals surface area contributed by atoms with E-state index >= 15 is 0 Å². The molecule has 1 rings (SSSR count). The van der Waals surface area contributed by atoms with E-state index in [1.807, 2.05) is 6.92 Å². The summed E-state index contributed by atoms with van der Waals surface area (Å²) < 4.78 is 37.0. The molecule has 0 spiro atoms. The minimum Gasteiger partial charge on any atom is -0.350 e. The molecular formula is C11H16F3N3. The summed E-state index contributed by atoms with van der Waals surface area (Å²) in [6.45, 7) is 0.870. The molecule has 1 unspecified atom stereocenters. The normalized spacial score (nSPS) is 13.5. The SMILES string of the molecule is CNC(C)c1cccnc1N(C)CC(F)(F)F. The first-order valence-electron chi connectivity index (χ1n) is 5.25. The van der Waals surface area contributed by atoms with Gasteiger partial charge in [0.2, 0.25) is 0 Å². The summed E-state index contributed by atoms with van der Waals surface area (Å²) in [6, 6.07) is 3.44. The maximum Gasteiger partial charge on any atom is 0.405 e. The molecule has 0 bridgehead atoms. The molecule has 0 fully saturated rings. The highest BCUT2D eigenvalue weighted by molar-refractivity contribution is 5.47. The predicted octanol–water partition coefficient (Wildman–Crippen LogP) is 2.36. The Labute approximate surface area is 98.6 Å².